The van der Waals surface area contributed by atoms with E-state index in [0.29, 0.717) is 13.2 Å². The molecular weight excluding hydrogens is 311 g/mol. The first-order chi connectivity index (χ1) is 4.83. The second kappa shape index (κ2) is 29.3. The minimum absolute atomic E-state index is 0. The molecule has 0 bridgehead atoms. The van der Waals surface area contributed by atoms with Gasteiger partial charge in [-0.3, -0.25) is 0 Å². The van der Waals surface area contributed by atoms with Crippen LogP contribution in [0.25, 0.3) is 0 Å². The van der Waals surface area contributed by atoms with E-state index >= 15 is 0 Å². The first kappa shape index (κ1) is 23.5. The van der Waals surface area contributed by atoms with Crippen LogP contribution in [0.4, 0.5) is 0 Å². The molecule has 0 unspecified atom stereocenters. The maximum atomic E-state index is 8.07. The van der Waals surface area contributed by atoms with Crippen molar-refractivity contribution in [3.8, 4) is 0 Å². The van der Waals surface area contributed by atoms with Crippen molar-refractivity contribution in [2.24, 2.45) is 0 Å². The third-order valence-corrected chi connectivity index (χ3v) is 1.02. The minimum atomic E-state index is 0. The number of aliphatic hydroxyl groups excluding tert-OH is 2. The Bertz CT molecular complexity index is 36.0. The van der Waals surface area contributed by atoms with Gasteiger partial charge in [0.25, 0.3) is 0 Å². The standard InChI is InChI=1S/2C4H10O.2Zr/c2*1-2-3-4-5;;/h2*5H,2-4H2,1H3;;. The largest absolute Gasteiger partial charge is 0.396 e. The number of aliphatic hydroxyl groups is 2. The molecule has 0 saturated carbocycles. The quantitative estimate of drug-likeness (QED) is 0.821. The molecule has 0 amide bonds. The normalized spacial score (nSPS) is 7.00. The van der Waals surface area contributed by atoms with E-state index in [1.165, 1.54) is 0 Å². The predicted octanol–water partition coefficient (Wildman–Crippen LogP) is 1.55. The van der Waals surface area contributed by atoms with Crippen LogP contribution < -0.4 is 0 Å². The molecular formula is C8H20O2Zr2. The molecule has 0 rings (SSSR count). The number of hydrogen-bond donors (Lipinski definition) is 2. The van der Waals surface area contributed by atoms with Crippen LogP contribution in [0.15, 0.2) is 0 Å². The Balaban J connectivity index is -0.0000000457. The van der Waals surface area contributed by atoms with Crippen molar-refractivity contribution in [2.45, 2.75) is 39.5 Å². The average molecular weight is 331 g/mol. The van der Waals surface area contributed by atoms with Crippen LogP contribution in [-0.4, -0.2) is 23.4 Å². The van der Waals surface area contributed by atoms with Crippen molar-refractivity contribution in [3.63, 3.8) is 0 Å². The zero-order chi connectivity index (χ0) is 8.24. The van der Waals surface area contributed by atoms with Crippen molar-refractivity contribution in [1.29, 1.82) is 0 Å². The van der Waals surface area contributed by atoms with Crippen molar-refractivity contribution >= 4 is 0 Å². The van der Waals surface area contributed by atoms with Gasteiger partial charge >= 0.3 is 0 Å². The smallest absolute Gasteiger partial charge is 0.0430 e. The van der Waals surface area contributed by atoms with Gasteiger partial charge in [-0.25, -0.2) is 0 Å². The van der Waals surface area contributed by atoms with E-state index in [-0.39, 0.29) is 52.4 Å². The molecule has 0 fully saturated rings. The summed E-state index contributed by atoms with van der Waals surface area (Å²) in [5.41, 5.74) is 0. The van der Waals surface area contributed by atoms with Crippen LogP contribution >= 0.6 is 0 Å². The molecule has 0 aromatic rings. The summed E-state index contributed by atoms with van der Waals surface area (Å²) >= 11 is 0. The topological polar surface area (TPSA) is 40.5 Å². The van der Waals surface area contributed by atoms with Gasteiger partial charge in [0.1, 0.15) is 0 Å². The van der Waals surface area contributed by atoms with Crippen LogP contribution in [0.1, 0.15) is 39.5 Å². The number of rotatable bonds is 4. The number of unbranched alkanes of at least 4 members (excludes halogenated alkanes) is 2. The summed E-state index contributed by atoms with van der Waals surface area (Å²) in [6, 6.07) is 0. The van der Waals surface area contributed by atoms with Crippen molar-refractivity contribution in [1.82, 2.24) is 0 Å². The average Bonchev–Trinajstić information content (AvgIpc) is 1.93. The van der Waals surface area contributed by atoms with Crippen LogP contribution in [-0.2, 0) is 52.4 Å². The molecule has 4 heteroatoms. The minimum Gasteiger partial charge on any atom is -0.396 e. The monoisotopic (exact) mass is 328 g/mol. The molecule has 0 aliphatic carbocycles. The maximum absolute atomic E-state index is 8.07. The Hall–Kier alpha value is 1.69. The fourth-order valence-corrected chi connectivity index (χ4v) is 0.316. The van der Waals surface area contributed by atoms with Crippen LogP contribution in [0.5, 0.6) is 0 Å². The summed E-state index contributed by atoms with van der Waals surface area (Å²) in [5.74, 6) is 0. The molecule has 0 aromatic heterocycles. The second-order valence-electron chi connectivity index (χ2n) is 2.15. The van der Waals surface area contributed by atoms with E-state index in [9.17, 15) is 0 Å². The van der Waals surface area contributed by atoms with Crippen molar-refractivity contribution < 1.29 is 62.6 Å². The van der Waals surface area contributed by atoms with Gasteiger partial charge in [-0.2, -0.15) is 0 Å². The van der Waals surface area contributed by atoms with Crippen molar-refractivity contribution in [3.05, 3.63) is 0 Å². The Morgan fingerprint density at radius 1 is 0.750 bits per heavy atom. The van der Waals surface area contributed by atoms with E-state index < -0.39 is 0 Å². The SMILES string of the molecule is CCCCO.CCCCO.[Zr].[Zr]. The molecule has 2 nitrogen and oxygen atoms in total. The summed E-state index contributed by atoms with van der Waals surface area (Å²) in [6.45, 7) is 4.79. The summed E-state index contributed by atoms with van der Waals surface area (Å²) in [6.07, 6.45) is 4.08. The molecule has 2 N–H and O–H groups in total. The summed E-state index contributed by atoms with van der Waals surface area (Å²) in [5, 5.41) is 16.1. The number of hydrogen-bond acceptors (Lipinski definition) is 2. The van der Waals surface area contributed by atoms with Gasteiger partial charge in [0.2, 0.25) is 0 Å². The fourth-order valence-electron chi connectivity index (χ4n) is 0.316. The molecule has 0 saturated heterocycles. The van der Waals surface area contributed by atoms with Crippen LogP contribution in [0, 0.1) is 0 Å². The third-order valence-electron chi connectivity index (χ3n) is 1.02. The van der Waals surface area contributed by atoms with Gasteiger partial charge in [-0.1, -0.05) is 26.7 Å². The van der Waals surface area contributed by atoms with Gasteiger partial charge in [0.15, 0.2) is 0 Å². The van der Waals surface area contributed by atoms with Gasteiger partial charge in [-0.05, 0) is 12.8 Å². The van der Waals surface area contributed by atoms with Crippen molar-refractivity contribution in [2.75, 3.05) is 13.2 Å². The van der Waals surface area contributed by atoms with Gasteiger partial charge in [0, 0.05) is 65.6 Å². The van der Waals surface area contributed by atoms with Gasteiger partial charge in [-0.15, -0.1) is 0 Å². The van der Waals surface area contributed by atoms with E-state index in [0.717, 1.165) is 25.7 Å². The molecule has 0 spiro atoms. The first-order valence-electron chi connectivity index (χ1n) is 4.05. The summed E-state index contributed by atoms with van der Waals surface area (Å²) < 4.78 is 0. The maximum Gasteiger partial charge on any atom is 0.0430 e. The zero-order valence-electron chi connectivity index (χ0n) is 8.14. The summed E-state index contributed by atoms with van der Waals surface area (Å²) in [7, 11) is 0. The van der Waals surface area contributed by atoms with E-state index in [4.69, 9.17) is 10.2 Å². The molecule has 0 aliphatic heterocycles. The molecule has 12 heavy (non-hydrogen) atoms. The molecule has 72 valence electrons. The van der Waals surface area contributed by atoms with E-state index in [1.807, 2.05) is 0 Å². The Kier molecular flexibility index (Phi) is 57.4. The summed E-state index contributed by atoms with van der Waals surface area (Å²) in [4.78, 5) is 0. The van der Waals surface area contributed by atoms with Crippen LogP contribution in [0.3, 0.4) is 0 Å². The first-order valence-corrected chi connectivity index (χ1v) is 4.05. The van der Waals surface area contributed by atoms with E-state index in [2.05, 4.69) is 13.8 Å². The molecule has 0 aromatic carbocycles. The van der Waals surface area contributed by atoms with E-state index in [1.54, 1.807) is 0 Å². The molecule has 0 radical (unpaired) electrons. The predicted molar refractivity (Wildman–Crippen MR) is 44.0 cm³/mol. The third kappa shape index (κ3) is 41.3. The molecule has 0 atom stereocenters. The van der Waals surface area contributed by atoms with Gasteiger partial charge in [0.05, 0.1) is 0 Å². The van der Waals surface area contributed by atoms with Crippen LogP contribution in [0.2, 0.25) is 0 Å². The Labute approximate surface area is 114 Å². The zero-order valence-corrected chi connectivity index (χ0v) is 13.1. The Morgan fingerprint density at radius 3 is 1.00 bits per heavy atom. The Morgan fingerprint density at radius 2 is 1.00 bits per heavy atom. The molecule has 0 aliphatic rings. The van der Waals surface area contributed by atoms with Gasteiger partial charge < -0.3 is 10.2 Å². The fraction of sp³-hybridized carbons (Fsp3) is 1.00. The molecule has 0 heterocycles. The second-order valence-corrected chi connectivity index (χ2v) is 2.15.